The van der Waals surface area contributed by atoms with Crippen molar-refractivity contribution in [2.24, 2.45) is 29.4 Å². The van der Waals surface area contributed by atoms with Crippen LogP contribution in [0.1, 0.15) is 52.5 Å². The van der Waals surface area contributed by atoms with Crippen LogP contribution in [0.25, 0.3) is 0 Å². The zero-order chi connectivity index (χ0) is 24.3. The van der Waals surface area contributed by atoms with Crippen LogP contribution in [0.2, 0.25) is 0 Å². The first-order valence-corrected chi connectivity index (χ1v) is 11.5. The molecule has 0 saturated carbocycles. The molecule has 1 aromatic carbocycles. The number of methoxy groups -OCH3 is 2. The fraction of sp³-hybridized carbons (Fsp3) is 0.720. The zero-order valence-corrected chi connectivity index (χ0v) is 20.5. The molecule has 0 spiro atoms. The smallest absolute Gasteiger partial charge is 0.306 e. The number of hydrogen-bond donors (Lipinski definition) is 3. The summed E-state index contributed by atoms with van der Waals surface area (Å²) in [5, 5.41) is 20.0. The number of nitrogens with two attached hydrogens (primary N) is 1. The Morgan fingerprint density at radius 1 is 1.00 bits per heavy atom. The Labute approximate surface area is 193 Å². The first-order valence-electron chi connectivity index (χ1n) is 11.5. The molecule has 0 fully saturated rings. The molecule has 0 aliphatic heterocycles. The predicted octanol–water partition coefficient (Wildman–Crippen LogP) is 3.75. The molecule has 1 aromatic rings. The molecule has 184 valence electrons. The number of carbonyl (C=O) groups is 1. The largest absolute Gasteiger partial charge is 0.497 e. The molecule has 4 N–H and O–H groups in total. The average molecular weight is 454 g/mol. The van der Waals surface area contributed by atoms with Gasteiger partial charge in [0.1, 0.15) is 11.5 Å². The minimum Gasteiger partial charge on any atom is -0.497 e. The van der Waals surface area contributed by atoms with Gasteiger partial charge in [0, 0.05) is 32.2 Å². The first-order chi connectivity index (χ1) is 15.1. The molecular weight excluding hydrogens is 410 g/mol. The normalized spacial score (nSPS) is 15.4. The topological polar surface area (TPSA) is 111 Å². The van der Waals surface area contributed by atoms with Gasteiger partial charge >= 0.3 is 5.97 Å². The van der Waals surface area contributed by atoms with Crippen molar-refractivity contribution in [1.82, 2.24) is 0 Å². The van der Waals surface area contributed by atoms with E-state index in [1.807, 2.05) is 32.0 Å². The Kier molecular flexibility index (Phi) is 12.6. The summed E-state index contributed by atoms with van der Waals surface area (Å²) in [5.41, 5.74) is 7.41. The third-order valence-corrected chi connectivity index (χ3v) is 6.06. The maximum absolute atomic E-state index is 11.5. The van der Waals surface area contributed by atoms with E-state index in [1.165, 1.54) is 0 Å². The summed E-state index contributed by atoms with van der Waals surface area (Å²) in [6.07, 6.45) is 1.47. The monoisotopic (exact) mass is 453 g/mol. The van der Waals surface area contributed by atoms with Crippen LogP contribution in [0.3, 0.4) is 0 Å². The van der Waals surface area contributed by atoms with Crippen molar-refractivity contribution in [3.63, 3.8) is 0 Å². The minimum atomic E-state index is -0.888. The summed E-state index contributed by atoms with van der Waals surface area (Å²) < 4.78 is 16.4. The highest BCUT2D eigenvalue weighted by Gasteiger charge is 2.29. The van der Waals surface area contributed by atoms with E-state index < -0.39 is 24.0 Å². The van der Waals surface area contributed by atoms with E-state index in [2.05, 4.69) is 13.8 Å². The minimum absolute atomic E-state index is 0.0608. The van der Waals surface area contributed by atoms with E-state index in [0.717, 1.165) is 29.9 Å². The molecule has 0 saturated heterocycles. The Hall–Kier alpha value is -1.83. The van der Waals surface area contributed by atoms with Crippen LogP contribution in [0, 0.1) is 23.7 Å². The van der Waals surface area contributed by atoms with Crippen molar-refractivity contribution < 1.29 is 29.2 Å². The van der Waals surface area contributed by atoms with Gasteiger partial charge in [0.15, 0.2) is 0 Å². The van der Waals surface area contributed by atoms with E-state index in [9.17, 15) is 15.0 Å². The summed E-state index contributed by atoms with van der Waals surface area (Å²) in [4.78, 5) is 11.5. The van der Waals surface area contributed by atoms with Gasteiger partial charge in [0.25, 0.3) is 0 Å². The quantitative estimate of drug-likeness (QED) is 0.327. The molecule has 0 radical (unpaired) electrons. The fourth-order valence-corrected chi connectivity index (χ4v) is 3.84. The molecule has 0 heterocycles. The van der Waals surface area contributed by atoms with Crippen molar-refractivity contribution in [3.8, 4) is 11.5 Å². The van der Waals surface area contributed by atoms with Crippen molar-refractivity contribution in [2.45, 2.75) is 65.5 Å². The molecular formula is C25H43NO6. The van der Waals surface area contributed by atoms with Gasteiger partial charge in [-0.25, -0.2) is 0 Å². The number of carboxylic acid groups (broad SMARTS) is 1. The van der Waals surface area contributed by atoms with Crippen LogP contribution in [-0.4, -0.2) is 55.8 Å². The number of aliphatic carboxylic acids is 1. The second kappa shape index (κ2) is 14.3. The van der Waals surface area contributed by atoms with Gasteiger partial charge in [0.2, 0.25) is 0 Å². The van der Waals surface area contributed by atoms with Gasteiger partial charge in [0.05, 0.1) is 25.7 Å². The van der Waals surface area contributed by atoms with E-state index in [4.69, 9.17) is 19.9 Å². The van der Waals surface area contributed by atoms with E-state index in [-0.39, 0.29) is 18.3 Å². The third-order valence-electron chi connectivity index (χ3n) is 6.06. The van der Waals surface area contributed by atoms with Crippen LogP contribution < -0.4 is 15.2 Å². The van der Waals surface area contributed by atoms with Crippen LogP contribution in [-0.2, 0) is 16.0 Å². The van der Waals surface area contributed by atoms with Crippen molar-refractivity contribution in [3.05, 3.63) is 23.8 Å². The molecule has 1 rings (SSSR count). The van der Waals surface area contributed by atoms with Crippen LogP contribution >= 0.6 is 0 Å². The molecule has 0 aliphatic carbocycles. The van der Waals surface area contributed by atoms with Gasteiger partial charge < -0.3 is 30.2 Å². The lowest BCUT2D eigenvalue weighted by Crippen LogP contribution is -2.40. The second-order valence-corrected chi connectivity index (χ2v) is 9.31. The summed E-state index contributed by atoms with van der Waals surface area (Å²) in [5.74, 6) is 0.488. The van der Waals surface area contributed by atoms with Gasteiger partial charge in [-0.05, 0) is 54.7 Å². The highest BCUT2D eigenvalue weighted by molar-refractivity contribution is 5.70. The van der Waals surface area contributed by atoms with E-state index in [0.29, 0.717) is 25.6 Å². The predicted molar refractivity (Wildman–Crippen MR) is 126 cm³/mol. The van der Waals surface area contributed by atoms with Crippen LogP contribution in [0.15, 0.2) is 18.2 Å². The summed E-state index contributed by atoms with van der Waals surface area (Å²) in [6.45, 7) is 9.19. The van der Waals surface area contributed by atoms with E-state index in [1.54, 1.807) is 14.2 Å². The number of hydrogen-bond acceptors (Lipinski definition) is 6. The Bertz CT molecular complexity index is 678. The van der Waals surface area contributed by atoms with Crippen molar-refractivity contribution in [1.29, 1.82) is 0 Å². The van der Waals surface area contributed by atoms with Gasteiger partial charge in [-0.3, -0.25) is 4.79 Å². The molecule has 0 amide bonds. The molecule has 0 unspecified atom stereocenters. The fourth-order valence-electron chi connectivity index (χ4n) is 3.84. The van der Waals surface area contributed by atoms with Gasteiger partial charge in [-0.2, -0.15) is 0 Å². The third kappa shape index (κ3) is 9.76. The number of ether oxygens (including phenoxy) is 3. The first kappa shape index (κ1) is 28.2. The number of rotatable bonds is 16. The summed E-state index contributed by atoms with van der Waals surface area (Å²) in [6, 6.07) is 5.40. The molecule has 7 nitrogen and oxygen atoms in total. The molecule has 0 aromatic heterocycles. The number of carboxylic acids is 1. The van der Waals surface area contributed by atoms with Crippen LogP contribution in [0.5, 0.6) is 11.5 Å². The SMILES string of the molecule is COCCCOc1cc(C[C@@H](C[C@H](N)[C@@H](O)C[C@H](C(=O)O)C(C)C)C(C)C)cc(OC)c1. The maximum Gasteiger partial charge on any atom is 0.306 e. The standard InChI is InChI=1S/C25H43NO6/c1-16(2)19(13-23(26)24(27)15-22(17(3)4)25(28)29)10-18-11-20(31-6)14-21(12-18)32-9-7-8-30-5/h11-12,14,16-17,19,22-24,27H,7-10,13,15,26H2,1-6H3,(H,28,29)/t19-,22-,23-,24-/m0/s1. The number of benzene rings is 1. The van der Waals surface area contributed by atoms with Crippen molar-refractivity contribution >= 4 is 5.97 Å². The summed E-state index contributed by atoms with van der Waals surface area (Å²) in [7, 11) is 3.30. The Morgan fingerprint density at radius 2 is 1.66 bits per heavy atom. The zero-order valence-electron chi connectivity index (χ0n) is 20.5. The maximum atomic E-state index is 11.5. The second-order valence-electron chi connectivity index (χ2n) is 9.31. The Morgan fingerprint density at radius 3 is 2.19 bits per heavy atom. The van der Waals surface area contributed by atoms with Crippen molar-refractivity contribution in [2.75, 3.05) is 27.4 Å². The molecule has 0 bridgehead atoms. The number of aliphatic hydroxyl groups excluding tert-OH is 1. The lowest BCUT2D eigenvalue weighted by molar-refractivity contribution is -0.144. The molecule has 4 atom stereocenters. The van der Waals surface area contributed by atoms with E-state index >= 15 is 0 Å². The average Bonchev–Trinajstić information content (AvgIpc) is 2.73. The van der Waals surface area contributed by atoms with Gasteiger partial charge in [-0.1, -0.05) is 27.7 Å². The summed E-state index contributed by atoms with van der Waals surface area (Å²) >= 11 is 0. The number of aliphatic hydroxyl groups is 1. The lowest BCUT2D eigenvalue weighted by Gasteiger charge is -2.29. The van der Waals surface area contributed by atoms with Crippen LogP contribution in [0.4, 0.5) is 0 Å². The highest BCUT2D eigenvalue weighted by atomic mass is 16.5. The molecule has 7 heteroatoms. The van der Waals surface area contributed by atoms with Gasteiger partial charge in [-0.15, -0.1) is 0 Å². The lowest BCUT2D eigenvalue weighted by atomic mass is 9.81. The molecule has 32 heavy (non-hydrogen) atoms. The Balaban J connectivity index is 2.86. The molecule has 0 aliphatic rings. The highest BCUT2D eigenvalue weighted by Crippen LogP contribution is 2.29.